The number of rotatable bonds is 5. The van der Waals surface area contributed by atoms with Crippen LogP contribution in [-0.2, 0) is 11.8 Å². The fourth-order valence-electron chi connectivity index (χ4n) is 2.33. The van der Waals surface area contributed by atoms with Crippen molar-refractivity contribution in [2.45, 2.75) is 18.8 Å². The molecule has 2 rings (SSSR count). The summed E-state index contributed by atoms with van der Waals surface area (Å²) in [5.74, 6) is -0.249. The summed E-state index contributed by atoms with van der Waals surface area (Å²) in [6.07, 6.45) is 0.540. The smallest absolute Gasteiger partial charge is 0.127 e. The highest BCUT2D eigenvalue weighted by molar-refractivity contribution is 9.09. The van der Waals surface area contributed by atoms with Gasteiger partial charge in [0.15, 0.2) is 0 Å². The maximum atomic E-state index is 14.1. The van der Waals surface area contributed by atoms with Crippen molar-refractivity contribution >= 4 is 43.5 Å². The summed E-state index contributed by atoms with van der Waals surface area (Å²) < 4.78 is 14.1. The normalized spacial score (nSPS) is 11.7. The predicted octanol–water partition coefficient (Wildman–Crippen LogP) is 6.06. The lowest BCUT2D eigenvalue weighted by Crippen LogP contribution is -2.33. The minimum absolute atomic E-state index is 0.237. The van der Waals surface area contributed by atoms with Gasteiger partial charge in [0.2, 0.25) is 0 Å². The molecule has 112 valence electrons. The SMILES string of the molecule is Cc1ccc(C(CBr)(CBr)Cc2c(F)cccc2Cl)cc1. The van der Waals surface area contributed by atoms with Crippen molar-refractivity contribution in [3.63, 3.8) is 0 Å². The van der Waals surface area contributed by atoms with Crippen LogP contribution < -0.4 is 0 Å². The second kappa shape index (κ2) is 7.26. The minimum Gasteiger partial charge on any atom is -0.207 e. The summed E-state index contributed by atoms with van der Waals surface area (Å²) in [7, 11) is 0. The van der Waals surface area contributed by atoms with E-state index in [4.69, 9.17) is 11.6 Å². The number of benzene rings is 2. The van der Waals surface area contributed by atoms with Crippen LogP contribution in [0.3, 0.4) is 0 Å². The van der Waals surface area contributed by atoms with E-state index in [9.17, 15) is 4.39 Å². The Labute approximate surface area is 147 Å². The van der Waals surface area contributed by atoms with E-state index in [-0.39, 0.29) is 11.2 Å². The topological polar surface area (TPSA) is 0 Å². The Morgan fingerprint density at radius 1 is 1.05 bits per heavy atom. The van der Waals surface area contributed by atoms with Gasteiger partial charge in [0, 0.05) is 26.7 Å². The Kier molecular flexibility index (Phi) is 5.87. The minimum atomic E-state index is -0.249. The third-order valence-corrected chi connectivity index (χ3v) is 6.25. The molecule has 4 heteroatoms. The molecule has 0 saturated heterocycles. The lowest BCUT2D eigenvalue weighted by Gasteiger charge is -2.31. The van der Waals surface area contributed by atoms with Crippen molar-refractivity contribution in [2.24, 2.45) is 0 Å². The first-order chi connectivity index (χ1) is 10.0. The average Bonchev–Trinajstić information content (AvgIpc) is 2.49. The van der Waals surface area contributed by atoms with Crippen LogP contribution >= 0.6 is 43.5 Å². The van der Waals surface area contributed by atoms with E-state index in [0.29, 0.717) is 17.0 Å². The highest BCUT2D eigenvalue weighted by Gasteiger charge is 2.32. The van der Waals surface area contributed by atoms with Gasteiger partial charge in [-0.1, -0.05) is 79.4 Å². The second-order valence-electron chi connectivity index (χ2n) is 5.29. The van der Waals surface area contributed by atoms with Crippen LogP contribution in [-0.4, -0.2) is 10.7 Å². The zero-order valence-electron chi connectivity index (χ0n) is 11.7. The molecule has 0 aromatic heterocycles. The molecule has 2 aromatic rings. The molecule has 0 radical (unpaired) electrons. The molecule has 0 fully saturated rings. The molecule has 0 atom stereocenters. The molecule has 0 N–H and O–H groups in total. The maximum Gasteiger partial charge on any atom is 0.127 e. The van der Waals surface area contributed by atoms with Gasteiger partial charge in [-0.05, 0) is 31.0 Å². The molecular weight excluding hydrogens is 418 g/mol. The van der Waals surface area contributed by atoms with Crippen molar-refractivity contribution < 1.29 is 4.39 Å². The Morgan fingerprint density at radius 3 is 2.19 bits per heavy atom. The van der Waals surface area contributed by atoms with Gasteiger partial charge >= 0.3 is 0 Å². The number of hydrogen-bond acceptors (Lipinski definition) is 0. The Bertz CT molecular complexity index is 586. The Morgan fingerprint density at radius 2 is 1.67 bits per heavy atom. The largest absolute Gasteiger partial charge is 0.207 e. The van der Waals surface area contributed by atoms with E-state index in [1.54, 1.807) is 12.1 Å². The molecule has 0 amide bonds. The van der Waals surface area contributed by atoms with Crippen molar-refractivity contribution in [3.8, 4) is 0 Å². The monoisotopic (exact) mass is 432 g/mol. The zero-order chi connectivity index (χ0) is 15.5. The van der Waals surface area contributed by atoms with Gasteiger partial charge in [-0.15, -0.1) is 0 Å². The van der Waals surface area contributed by atoms with Crippen LogP contribution in [0.4, 0.5) is 4.39 Å². The van der Waals surface area contributed by atoms with Crippen LogP contribution in [0.5, 0.6) is 0 Å². The van der Waals surface area contributed by atoms with E-state index in [1.165, 1.54) is 17.2 Å². The Balaban J connectivity index is 2.45. The van der Waals surface area contributed by atoms with Gasteiger partial charge in [0.25, 0.3) is 0 Å². The first kappa shape index (κ1) is 17.0. The van der Waals surface area contributed by atoms with Crippen molar-refractivity contribution in [1.82, 2.24) is 0 Å². The van der Waals surface area contributed by atoms with Gasteiger partial charge in [-0.3, -0.25) is 0 Å². The van der Waals surface area contributed by atoms with Crippen LogP contribution in [0.1, 0.15) is 16.7 Å². The first-order valence-electron chi connectivity index (χ1n) is 6.64. The molecule has 0 aliphatic rings. The average molecular weight is 435 g/mol. The summed E-state index contributed by atoms with van der Waals surface area (Å²) in [6.45, 7) is 2.06. The van der Waals surface area contributed by atoms with E-state index in [2.05, 4.69) is 63.0 Å². The van der Waals surface area contributed by atoms with E-state index in [1.807, 2.05) is 0 Å². The third kappa shape index (κ3) is 3.69. The summed E-state index contributed by atoms with van der Waals surface area (Å²) in [6, 6.07) is 13.2. The predicted molar refractivity (Wildman–Crippen MR) is 95.6 cm³/mol. The van der Waals surface area contributed by atoms with Gasteiger partial charge in [-0.25, -0.2) is 4.39 Å². The molecule has 0 aliphatic heterocycles. The number of aryl methyl sites for hydroxylation is 1. The van der Waals surface area contributed by atoms with Crippen LogP contribution in [0.15, 0.2) is 42.5 Å². The fraction of sp³-hybridized carbons (Fsp3) is 0.294. The molecule has 0 spiro atoms. The lowest BCUT2D eigenvalue weighted by molar-refractivity contribution is 0.523. The third-order valence-electron chi connectivity index (χ3n) is 3.75. The van der Waals surface area contributed by atoms with Crippen LogP contribution in [0, 0.1) is 12.7 Å². The van der Waals surface area contributed by atoms with Crippen molar-refractivity contribution in [2.75, 3.05) is 10.7 Å². The van der Waals surface area contributed by atoms with Gasteiger partial charge < -0.3 is 0 Å². The number of alkyl halides is 2. The fourth-order valence-corrected chi connectivity index (χ4v) is 4.54. The van der Waals surface area contributed by atoms with Gasteiger partial charge in [0.1, 0.15) is 5.82 Å². The van der Waals surface area contributed by atoms with Crippen LogP contribution in [0.25, 0.3) is 0 Å². The number of halogens is 4. The molecule has 0 aliphatic carbocycles. The molecule has 0 unspecified atom stereocenters. The van der Waals surface area contributed by atoms with Crippen molar-refractivity contribution in [3.05, 3.63) is 70.0 Å². The molecule has 0 bridgehead atoms. The summed E-state index contributed by atoms with van der Waals surface area (Å²) in [5.41, 5.74) is 2.71. The quantitative estimate of drug-likeness (QED) is 0.502. The van der Waals surface area contributed by atoms with E-state index in [0.717, 1.165) is 10.7 Å². The van der Waals surface area contributed by atoms with E-state index >= 15 is 0 Å². The van der Waals surface area contributed by atoms with Crippen molar-refractivity contribution in [1.29, 1.82) is 0 Å². The molecule has 0 nitrogen and oxygen atoms in total. The van der Waals surface area contributed by atoms with Gasteiger partial charge in [-0.2, -0.15) is 0 Å². The van der Waals surface area contributed by atoms with Gasteiger partial charge in [0.05, 0.1) is 0 Å². The van der Waals surface area contributed by atoms with E-state index < -0.39 is 0 Å². The molecule has 2 aromatic carbocycles. The molecule has 0 heterocycles. The van der Waals surface area contributed by atoms with Crippen LogP contribution in [0.2, 0.25) is 5.02 Å². The summed E-state index contributed by atoms with van der Waals surface area (Å²) >= 11 is 13.4. The number of hydrogen-bond donors (Lipinski definition) is 0. The summed E-state index contributed by atoms with van der Waals surface area (Å²) in [4.78, 5) is 0. The highest BCUT2D eigenvalue weighted by atomic mass is 79.9. The standard InChI is InChI=1S/C17H16Br2ClF/c1-12-5-7-13(8-6-12)17(10-18,11-19)9-14-15(20)3-2-4-16(14)21/h2-8H,9-11H2,1H3. The first-order valence-corrected chi connectivity index (χ1v) is 9.26. The Hall–Kier alpha value is -0.380. The second-order valence-corrected chi connectivity index (χ2v) is 6.82. The summed E-state index contributed by atoms with van der Waals surface area (Å²) in [5, 5.41) is 1.92. The molecule has 21 heavy (non-hydrogen) atoms. The highest BCUT2D eigenvalue weighted by Crippen LogP contribution is 2.35. The molecule has 0 saturated carbocycles. The lowest BCUT2D eigenvalue weighted by atomic mass is 9.78. The maximum absolute atomic E-state index is 14.1. The zero-order valence-corrected chi connectivity index (χ0v) is 15.6. The molecular formula is C17H16Br2ClF.